The number of nitrogens with zero attached hydrogens (tertiary/aromatic N) is 1. The lowest BCUT2D eigenvalue weighted by molar-refractivity contribution is 0.102. The number of carbonyl (C=O) groups excluding carboxylic acids is 1. The third kappa shape index (κ3) is 2.68. The minimum atomic E-state index is -0.365. The molecule has 0 radical (unpaired) electrons. The summed E-state index contributed by atoms with van der Waals surface area (Å²) in [5.41, 5.74) is 4.87. The van der Waals surface area contributed by atoms with E-state index in [0.717, 1.165) is 45.3 Å². The van der Waals surface area contributed by atoms with Gasteiger partial charge in [-0.2, -0.15) is 0 Å². The molecule has 0 fully saturated rings. The van der Waals surface area contributed by atoms with Gasteiger partial charge in [0.05, 0.1) is 5.52 Å². The second kappa shape index (κ2) is 5.85. The van der Waals surface area contributed by atoms with Crippen LogP contribution in [-0.4, -0.2) is 10.5 Å². The first-order valence-electron chi connectivity index (χ1n) is 8.18. The molecule has 4 rings (SSSR count). The van der Waals surface area contributed by atoms with Gasteiger partial charge in [0.1, 0.15) is 5.56 Å². The number of rotatable bonds is 2. The van der Waals surface area contributed by atoms with Crippen molar-refractivity contribution in [3.05, 3.63) is 73.5 Å². The fraction of sp³-hybridized carbons (Fsp3) is 0.200. The standard InChI is InChI=1S/C20H17BrN2O2/c1-11-3-4-17(12(2)7-11)22-20(25)16-10-23-6-5-13-8-14(21)9-15(18(13)23)19(16)24/h3-4,7-10H,5-6H2,1-2H3,(H,22,25). The first-order chi connectivity index (χ1) is 11.9. The van der Waals surface area contributed by atoms with Crippen LogP contribution in [0, 0.1) is 13.8 Å². The number of pyridine rings is 1. The van der Waals surface area contributed by atoms with Crippen molar-refractivity contribution in [1.29, 1.82) is 0 Å². The van der Waals surface area contributed by atoms with E-state index in [1.54, 1.807) is 12.3 Å². The maximum absolute atomic E-state index is 12.9. The first kappa shape index (κ1) is 16.1. The van der Waals surface area contributed by atoms with E-state index in [4.69, 9.17) is 0 Å². The quantitative estimate of drug-likeness (QED) is 0.705. The van der Waals surface area contributed by atoms with Crippen molar-refractivity contribution >= 4 is 38.4 Å². The van der Waals surface area contributed by atoms with Gasteiger partial charge < -0.3 is 9.88 Å². The SMILES string of the molecule is Cc1ccc(NC(=O)c2cn3c4c(cc(Br)cc4c2=O)CC3)c(C)c1. The second-order valence-corrected chi connectivity index (χ2v) is 7.46. The van der Waals surface area contributed by atoms with Crippen molar-refractivity contribution in [2.45, 2.75) is 26.8 Å². The summed E-state index contributed by atoms with van der Waals surface area (Å²) in [6.07, 6.45) is 2.56. The Morgan fingerprint density at radius 2 is 2.00 bits per heavy atom. The van der Waals surface area contributed by atoms with Crippen LogP contribution in [0.5, 0.6) is 0 Å². The summed E-state index contributed by atoms with van der Waals surface area (Å²) in [7, 11) is 0. The zero-order valence-electron chi connectivity index (χ0n) is 14.0. The average molecular weight is 397 g/mol. The van der Waals surface area contributed by atoms with E-state index in [1.807, 2.05) is 42.7 Å². The van der Waals surface area contributed by atoms with Crippen LogP contribution in [0.1, 0.15) is 27.0 Å². The third-order valence-electron chi connectivity index (χ3n) is 4.71. The van der Waals surface area contributed by atoms with Crippen LogP contribution in [0.25, 0.3) is 10.9 Å². The molecular weight excluding hydrogens is 380 g/mol. The van der Waals surface area contributed by atoms with Crippen molar-refractivity contribution in [3.8, 4) is 0 Å². The summed E-state index contributed by atoms with van der Waals surface area (Å²) in [5.74, 6) is -0.365. The van der Waals surface area contributed by atoms with Gasteiger partial charge in [0.2, 0.25) is 5.43 Å². The van der Waals surface area contributed by atoms with E-state index in [1.165, 1.54) is 0 Å². The number of nitrogens with one attached hydrogen (secondary N) is 1. The first-order valence-corrected chi connectivity index (χ1v) is 8.97. The fourth-order valence-electron chi connectivity index (χ4n) is 3.51. The van der Waals surface area contributed by atoms with E-state index in [2.05, 4.69) is 21.2 Å². The zero-order valence-corrected chi connectivity index (χ0v) is 15.6. The molecular formula is C20H17BrN2O2. The largest absolute Gasteiger partial charge is 0.346 e. The molecule has 1 aliphatic rings. The highest BCUT2D eigenvalue weighted by Crippen LogP contribution is 2.28. The minimum absolute atomic E-state index is 0.179. The summed E-state index contributed by atoms with van der Waals surface area (Å²) in [4.78, 5) is 25.6. The van der Waals surface area contributed by atoms with Gasteiger partial charge in [-0.1, -0.05) is 33.6 Å². The lowest BCUT2D eigenvalue weighted by Gasteiger charge is -2.11. The Labute approximate surface area is 153 Å². The number of hydrogen-bond donors (Lipinski definition) is 1. The molecule has 0 bridgehead atoms. The highest BCUT2D eigenvalue weighted by Gasteiger charge is 2.21. The number of amides is 1. The summed E-state index contributed by atoms with van der Waals surface area (Å²) in [6.45, 7) is 4.73. The van der Waals surface area contributed by atoms with Gasteiger partial charge in [0.15, 0.2) is 0 Å². The van der Waals surface area contributed by atoms with Crippen LogP contribution in [-0.2, 0) is 13.0 Å². The van der Waals surface area contributed by atoms with E-state index >= 15 is 0 Å². The van der Waals surface area contributed by atoms with E-state index in [0.29, 0.717) is 5.39 Å². The molecule has 3 aromatic rings. The van der Waals surface area contributed by atoms with Gasteiger partial charge >= 0.3 is 0 Å². The van der Waals surface area contributed by atoms with Crippen molar-refractivity contribution in [2.24, 2.45) is 0 Å². The molecule has 2 heterocycles. The molecule has 1 aromatic heterocycles. The number of aryl methyl sites for hydroxylation is 4. The molecule has 126 valence electrons. The molecule has 2 aromatic carbocycles. The predicted molar refractivity (Wildman–Crippen MR) is 103 cm³/mol. The summed E-state index contributed by atoms with van der Waals surface area (Å²) in [6, 6.07) is 9.66. The van der Waals surface area contributed by atoms with Crippen LogP contribution in [0.2, 0.25) is 0 Å². The second-order valence-electron chi connectivity index (χ2n) is 6.55. The molecule has 0 unspecified atom stereocenters. The summed E-state index contributed by atoms with van der Waals surface area (Å²) < 4.78 is 2.88. The Kier molecular flexibility index (Phi) is 3.76. The Bertz CT molecular complexity index is 1100. The van der Waals surface area contributed by atoms with Gasteiger partial charge in [-0.25, -0.2) is 0 Å². The Morgan fingerprint density at radius 1 is 1.20 bits per heavy atom. The highest BCUT2D eigenvalue weighted by atomic mass is 79.9. The monoisotopic (exact) mass is 396 g/mol. The van der Waals surface area contributed by atoms with Crippen LogP contribution >= 0.6 is 15.9 Å². The molecule has 0 saturated carbocycles. The molecule has 0 aliphatic carbocycles. The number of aromatic nitrogens is 1. The fourth-order valence-corrected chi connectivity index (χ4v) is 4.01. The Morgan fingerprint density at radius 3 is 2.76 bits per heavy atom. The maximum Gasteiger partial charge on any atom is 0.261 e. The molecule has 4 nitrogen and oxygen atoms in total. The molecule has 1 amide bonds. The average Bonchev–Trinajstić information content (AvgIpc) is 2.96. The van der Waals surface area contributed by atoms with E-state index in [-0.39, 0.29) is 16.9 Å². The van der Waals surface area contributed by atoms with Gasteiger partial charge in [0, 0.05) is 28.3 Å². The normalized spacial score (nSPS) is 12.6. The molecule has 1 aliphatic heterocycles. The van der Waals surface area contributed by atoms with Crippen LogP contribution in [0.4, 0.5) is 5.69 Å². The summed E-state index contributed by atoms with van der Waals surface area (Å²) >= 11 is 3.46. The minimum Gasteiger partial charge on any atom is -0.346 e. The zero-order chi connectivity index (χ0) is 17.7. The number of benzene rings is 2. The van der Waals surface area contributed by atoms with Crippen LogP contribution < -0.4 is 10.7 Å². The lowest BCUT2D eigenvalue weighted by Crippen LogP contribution is -2.23. The third-order valence-corrected chi connectivity index (χ3v) is 5.17. The molecule has 1 N–H and O–H groups in total. The van der Waals surface area contributed by atoms with Gasteiger partial charge in [-0.3, -0.25) is 9.59 Å². The Hall–Kier alpha value is -2.40. The topological polar surface area (TPSA) is 51.1 Å². The van der Waals surface area contributed by atoms with Gasteiger partial charge in [-0.05, 0) is 49.6 Å². The van der Waals surface area contributed by atoms with Crippen molar-refractivity contribution in [1.82, 2.24) is 4.57 Å². The molecule has 0 saturated heterocycles. The van der Waals surface area contributed by atoms with Crippen LogP contribution in [0.3, 0.4) is 0 Å². The Balaban J connectivity index is 1.81. The van der Waals surface area contributed by atoms with Gasteiger partial charge in [-0.15, -0.1) is 0 Å². The van der Waals surface area contributed by atoms with Crippen molar-refractivity contribution < 1.29 is 4.79 Å². The number of hydrogen-bond acceptors (Lipinski definition) is 2. The molecule has 5 heteroatoms. The highest BCUT2D eigenvalue weighted by molar-refractivity contribution is 9.10. The predicted octanol–water partition coefficient (Wildman–Crippen LogP) is 4.19. The molecule has 25 heavy (non-hydrogen) atoms. The number of halogens is 1. The molecule has 0 spiro atoms. The lowest BCUT2D eigenvalue weighted by atomic mass is 10.1. The number of carbonyl (C=O) groups is 1. The van der Waals surface area contributed by atoms with Crippen molar-refractivity contribution in [3.63, 3.8) is 0 Å². The molecule has 0 atom stereocenters. The van der Waals surface area contributed by atoms with Gasteiger partial charge in [0.25, 0.3) is 5.91 Å². The van der Waals surface area contributed by atoms with E-state index < -0.39 is 0 Å². The van der Waals surface area contributed by atoms with Crippen LogP contribution in [0.15, 0.2) is 45.8 Å². The number of anilines is 1. The smallest absolute Gasteiger partial charge is 0.261 e. The van der Waals surface area contributed by atoms with E-state index in [9.17, 15) is 9.59 Å². The van der Waals surface area contributed by atoms with Crippen molar-refractivity contribution in [2.75, 3.05) is 5.32 Å². The maximum atomic E-state index is 12.9. The summed E-state index contributed by atoms with van der Waals surface area (Å²) in [5, 5.41) is 3.47.